The van der Waals surface area contributed by atoms with E-state index < -0.39 is 42.5 Å². The predicted octanol–water partition coefficient (Wildman–Crippen LogP) is -0.646. The Balaban J connectivity index is 2.18. The molecule has 0 amide bonds. The van der Waals surface area contributed by atoms with Crippen molar-refractivity contribution in [3.8, 4) is 0 Å². The third-order valence-electron chi connectivity index (χ3n) is 3.89. The monoisotopic (exact) mass is 343 g/mol. The van der Waals surface area contributed by atoms with Crippen LogP contribution in [0.15, 0.2) is 11.0 Å². The van der Waals surface area contributed by atoms with E-state index in [2.05, 4.69) is 9.97 Å². The van der Waals surface area contributed by atoms with E-state index in [-0.39, 0.29) is 21.5 Å². The van der Waals surface area contributed by atoms with Gasteiger partial charge in [-0.15, -0.1) is 0 Å². The van der Waals surface area contributed by atoms with Crippen LogP contribution in [0.4, 0.5) is 4.39 Å². The molecule has 0 radical (unpaired) electrons. The van der Waals surface area contributed by atoms with Gasteiger partial charge in [-0.25, -0.2) is 4.98 Å². The Bertz CT molecular complexity index is 882. The molecule has 1 aliphatic rings. The quantitative estimate of drug-likeness (QED) is 0.423. The van der Waals surface area contributed by atoms with Crippen LogP contribution in [0, 0.1) is 17.5 Å². The summed E-state index contributed by atoms with van der Waals surface area (Å²) in [6, 6.07) is 0. The number of ether oxygens (including phenoxy) is 1. The molecule has 0 bridgehead atoms. The standard InChI is InChI=1S/C13H14FN3O5S/c1-4-10(14)17-2-5(12(23)16-13(17)15-11(4)21)9-8(20)7(19)6(3-18)22-9/h2,6-9,18-20H,3H2,1H3,(H,15,16,21,23). The van der Waals surface area contributed by atoms with Crippen molar-refractivity contribution >= 4 is 18.0 Å². The molecule has 0 aromatic carbocycles. The number of nitrogens with one attached hydrogen (secondary N) is 1. The summed E-state index contributed by atoms with van der Waals surface area (Å²) >= 11 is 5.10. The van der Waals surface area contributed by atoms with Crippen molar-refractivity contribution in [1.29, 1.82) is 0 Å². The summed E-state index contributed by atoms with van der Waals surface area (Å²) in [7, 11) is 0. The van der Waals surface area contributed by atoms with Gasteiger partial charge in [0.25, 0.3) is 5.56 Å². The van der Waals surface area contributed by atoms with Gasteiger partial charge in [0.05, 0.1) is 12.2 Å². The third-order valence-corrected chi connectivity index (χ3v) is 4.21. The number of H-pyrrole nitrogens is 1. The van der Waals surface area contributed by atoms with Gasteiger partial charge in [-0.05, 0) is 6.92 Å². The van der Waals surface area contributed by atoms with Gasteiger partial charge < -0.3 is 20.1 Å². The summed E-state index contributed by atoms with van der Waals surface area (Å²) < 4.78 is 20.6. The Morgan fingerprint density at radius 1 is 1.48 bits per heavy atom. The molecule has 23 heavy (non-hydrogen) atoms. The van der Waals surface area contributed by atoms with Crippen molar-refractivity contribution in [2.45, 2.75) is 31.3 Å². The fourth-order valence-corrected chi connectivity index (χ4v) is 2.78. The lowest BCUT2D eigenvalue weighted by Gasteiger charge is -2.16. The van der Waals surface area contributed by atoms with Crippen molar-refractivity contribution in [3.63, 3.8) is 0 Å². The van der Waals surface area contributed by atoms with Gasteiger partial charge in [0.1, 0.15) is 29.1 Å². The minimum absolute atomic E-state index is 0.0151. The number of aromatic amines is 1. The highest BCUT2D eigenvalue weighted by Crippen LogP contribution is 2.33. The number of aliphatic hydroxyl groups excluding tert-OH is 3. The summed E-state index contributed by atoms with van der Waals surface area (Å²) in [5, 5.41) is 29.0. The van der Waals surface area contributed by atoms with Crippen molar-refractivity contribution in [2.24, 2.45) is 0 Å². The summed E-state index contributed by atoms with van der Waals surface area (Å²) in [5.74, 6) is -0.905. The molecular weight excluding hydrogens is 329 g/mol. The summed E-state index contributed by atoms with van der Waals surface area (Å²) in [6.07, 6.45) is -3.44. The molecule has 1 fully saturated rings. The molecule has 2 aromatic heterocycles. The molecular formula is C13H14FN3O5S. The normalized spacial score (nSPS) is 27.7. The first-order valence-corrected chi connectivity index (χ1v) is 7.20. The third kappa shape index (κ3) is 2.48. The molecule has 0 saturated carbocycles. The molecule has 2 aromatic rings. The molecule has 0 aliphatic carbocycles. The number of halogens is 1. The van der Waals surface area contributed by atoms with E-state index in [0.29, 0.717) is 0 Å². The van der Waals surface area contributed by atoms with Crippen LogP contribution in [0.1, 0.15) is 17.2 Å². The van der Waals surface area contributed by atoms with E-state index in [9.17, 15) is 19.4 Å². The molecule has 10 heteroatoms. The fraction of sp³-hybridized carbons (Fsp3) is 0.462. The van der Waals surface area contributed by atoms with E-state index in [1.807, 2.05) is 0 Å². The minimum atomic E-state index is -1.35. The van der Waals surface area contributed by atoms with Gasteiger partial charge in [0.2, 0.25) is 11.7 Å². The van der Waals surface area contributed by atoms with Crippen molar-refractivity contribution < 1.29 is 24.4 Å². The largest absolute Gasteiger partial charge is 0.394 e. The van der Waals surface area contributed by atoms with Crippen LogP contribution < -0.4 is 5.56 Å². The number of hydrogen-bond donors (Lipinski definition) is 4. The predicted molar refractivity (Wildman–Crippen MR) is 78.1 cm³/mol. The van der Waals surface area contributed by atoms with Crippen LogP contribution in [0.5, 0.6) is 0 Å². The number of fused-ring (bicyclic) bond motifs is 1. The zero-order valence-electron chi connectivity index (χ0n) is 11.9. The first-order chi connectivity index (χ1) is 10.8. The smallest absolute Gasteiger partial charge is 0.258 e. The highest BCUT2D eigenvalue weighted by molar-refractivity contribution is 7.71. The van der Waals surface area contributed by atoms with Gasteiger partial charge in [0.15, 0.2) is 0 Å². The topological polar surface area (TPSA) is 120 Å². The van der Waals surface area contributed by atoms with Crippen LogP contribution in [0.25, 0.3) is 5.78 Å². The molecule has 4 unspecified atom stereocenters. The van der Waals surface area contributed by atoms with Crippen molar-refractivity contribution in [2.75, 3.05) is 6.61 Å². The molecule has 1 saturated heterocycles. The lowest BCUT2D eigenvalue weighted by atomic mass is 10.0. The second kappa shape index (κ2) is 5.73. The summed E-state index contributed by atoms with van der Waals surface area (Å²) in [6.45, 7) is 0.824. The Labute approximate surface area is 133 Å². The van der Waals surface area contributed by atoms with Gasteiger partial charge in [-0.1, -0.05) is 12.2 Å². The molecule has 3 heterocycles. The van der Waals surface area contributed by atoms with Gasteiger partial charge in [-0.2, -0.15) is 4.39 Å². The maximum absolute atomic E-state index is 14.3. The average Bonchev–Trinajstić information content (AvgIpc) is 2.80. The second-order valence-electron chi connectivity index (χ2n) is 5.32. The molecule has 124 valence electrons. The van der Waals surface area contributed by atoms with Gasteiger partial charge in [0, 0.05) is 11.8 Å². The highest BCUT2D eigenvalue weighted by atomic mass is 32.1. The minimum Gasteiger partial charge on any atom is -0.394 e. The fourth-order valence-electron chi connectivity index (χ4n) is 2.53. The Kier molecular flexibility index (Phi) is 4.02. The van der Waals surface area contributed by atoms with Gasteiger partial charge >= 0.3 is 0 Å². The first kappa shape index (κ1) is 16.1. The number of nitrogens with zero attached hydrogens (tertiary/aromatic N) is 2. The summed E-state index contributed by atoms with van der Waals surface area (Å²) in [4.78, 5) is 17.9. The number of aromatic nitrogens is 3. The molecule has 0 spiro atoms. The summed E-state index contributed by atoms with van der Waals surface area (Å²) in [5.41, 5.74) is -0.580. The van der Waals surface area contributed by atoms with Crippen LogP contribution >= 0.6 is 12.2 Å². The molecule has 1 aliphatic heterocycles. The lowest BCUT2D eigenvalue weighted by Crippen LogP contribution is -2.32. The molecule has 3 rings (SSSR count). The lowest BCUT2D eigenvalue weighted by molar-refractivity contribution is -0.0231. The molecule has 8 nitrogen and oxygen atoms in total. The number of hydrogen-bond acceptors (Lipinski definition) is 7. The zero-order valence-corrected chi connectivity index (χ0v) is 12.7. The highest BCUT2D eigenvalue weighted by Gasteiger charge is 2.43. The zero-order chi connectivity index (χ0) is 16.9. The maximum atomic E-state index is 14.3. The Morgan fingerprint density at radius 3 is 2.78 bits per heavy atom. The van der Waals surface area contributed by atoms with Crippen molar-refractivity contribution in [3.05, 3.63) is 38.3 Å². The SMILES string of the molecule is Cc1c(F)n2cc(C3OC(CO)C(O)C3O)c(=S)nc2[nH]c1=O. The molecule has 4 N–H and O–H groups in total. The molecule has 4 atom stereocenters. The van der Waals surface area contributed by atoms with Crippen LogP contribution in [0.2, 0.25) is 0 Å². The van der Waals surface area contributed by atoms with E-state index in [1.165, 1.54) is 13.1 Å². The van der Waals surface area contributed by atoms with Crippen LogP contribution in [0.3, 0.4) is 0 Å². The average molecular weight is 343 g/mol. The van der Waals surface area contributed by atoms with Crippen molar-refractivity contribution in [1.82, 2.24) is 14.4 Å². The van der Waals surface area contributed by atoms with Gasteiger partial charge in [-0.3, -0.25) is 14.2 Å². The van der Waals surface area contributed by atoms with Crippen LogP contribution in [-0.2, 0) is 4.74 Å². The van der Waals surface area contributed by atoms with E-state index >= 15 is 0 Å². The Hall–Kier alpha value is -1.72. The second-order valence-corrected chi connectivity index (χ2v) is 5.71. The first-order valence-electron chi connectivity index (χ1n) is 6.79. The van der Waals surface area contributed by atoms with E-state index in [4.69, 9.17) is 22.1 Å². The van der Waals surface area contributed by atoms with E-state index in [0.717, 1.165) is 4.40 Å². The Morgan fingerprint density at radius 2 is 2.17 bits per heavy atom. The number of rotatable bonds is 2. The number of aliphatic hydroxyl groups is 3. The van der Waals surface area contributed by atoms with E-state index in [1.54, 1.807) is 0 Å². The maximum Gasteiger partial charge on any atom is 0.258 e. The van der Waals surface area contributed by atoms with Crippen LogP contribution in [-0.4, -0.2) is 54.6 Å².